The maximum atomic E-state index is 8.63. The Bertz CT molecular complexity index is 207. The molecule has 0 saturated carbocycles. The molecule has 3 heteroatoms. The van der Waals surface area contributed by atoms with Crippen molar-refractivity contribution < 1.29 is 5.11 Å². The van der Waals surface area contributed by atoms with Crippen molar-refractivity contribution in [3.8, 4) is 5.75 Å². The summed E-state index contributed by atoms with van der Waals surface area (Å²) in [5, 5.41) is 8.63. The average Bonchev–Trinajstić information content (AvgIpc) is 2.22. The van der Waals surface area contributed by atoms with Gasteiger partial charge in [-0.3, -0.25) is 0 Å². The average molecular weight is 219 g/mol. The SMILES string of the molecule is CCN(CC)CC.Oc1ccccc1.[NaH]. The summed E-state index contributed by atoms with van der Waals surface area (Å²) in [6.07, 6.45) is 0. The van der Waals surface area contributed by atoms with E-state index in [2.05, 4.69) is 25.7 Å². The van der Waals surface area contributed by atoms with Crippen LogP contribution < -0.4 is 0 Å². The molecule has 0 aromatic heterocycles. The van der Waals surface area contributed by atoms with Crippen LogP contribution in [0.15, 0.2) is 30.3 Å². The molecule has 0 heterocycles. The fourth-order valence-corrected chi connectivity index (χ4v) is 1.10. The van der Waals surface area contributed by atoms with Crippen LogP contribution in [0.4, 0.5) is 0 Å². The molecule has 1 aromatic rings. The standard InChI is InChI=1S/C6H15N.C6H6O.Na.H/c1-4-7(5-2)6-3;7-6-4-2-1-3-5-6;;/h4-6H2,1-3H3;1-5,7H;;. The van der Waals surface area contributed by atoms with Crippen molar-refractivity contribution in [2.24, 2.45) is 0 Å². The summed E-state index contributed by atoms with van der Waals surface area (Å²) < 4.78 is 0. The van der Waals surface area contributed by atoms with E-state index in [0.29, 0.717) is 5.75 Å². The van der Waals surface area contributed by atoms with Crippen LogP contribution in [0.2, 0.25) is 0 Å². The van der Waals surface area contributed by atoms with Gasteiger partial charge in [0.25, 0.3) is 0 Å². The number of phenolic OH excluding ortho intramolecular Hbond substituents is 1. The Labute approximate surface area is 116 Å². The Kier molecular flexibility index (Phi) is 14.0. The minimum absolute atomic E-state index is 0. The van der Waals surface area contributed by atoms with E-state index in [1.165, 1.54) is 19.6 Å². The van der Waals surface area contributed by atoms with E-state index in [1.54, 1.807) is 24.3 Å². The number of aromatic hydroxyl groups is 1. The van der Waals surface area contributed by atoms with Gasteiger partial charge in [0.15, 0.2) is 0 Å². The van der Waals surface area contributed by atoms with Crippen LogP contribution in [0.25, 0.3) is 0 Å². The second-order valence-electron chi connectivity index (χ2n) is 2.96. The van der Waals surface area contributed by atoms with Crippen molar-refractivity contribution in [1.29, 1.82) is 0 Å². The van der Waals surface area contributed by atoms with Crippen molar-refractivity contribution in [2.45, 2.75) is 20.8 Å². The van der Waals surface area contributed by atoms with E-state index >= 15 is 0 Å². The molecule has 0 saturated heterocycles. The number of rotatable bonds is 3. The second kappa shape index (κ2) is 12.1. The van der Waals surface area contributed by atoms with Gasteiger partial charge in [-0.1, -0.05) is 39.0 Å². The van der Waals surface area contributed by atoms with Gasteiger partial charge in [-0.05, 0) is 31.8 Å². The molecule has 15 heavy (non-hydrogen) atoms. The van der Waals surface area contributed by atoms with E-state index in [0.717, 1.165) is 0 Å². The molecule has 0 fully saturated rings. The zero-order valence-electron chi connectivity index (χ0n) is 9.40. The molecule has 0 amide bonds. The topological polar surface area (TPSA) is 23.5 Å². The molecule has 0 radical (unpaired) electrons. The molecular weight excluding hydrogens is 197 g/mol. The fraction of sp³-hybridized carbons (Fsp3) is 0.500. The molecule has 1 aromatic carbocycles. The number of nitrogens with zero attached hydrogens (tertiary/aromatic N) is 1. The summed E-state index contributed by atoms with van der Waals surface area (Å²) in [6, 6.07) is 8.71. The number of phenols is 1. The van der Waals surface area contributed by atoms with Crippen LogP contribution in [-0.4, -0.2) is 59.2 Å². The van der Waals surface area contributed by atoms with E-state index in [1.807, 2.05) is 6.07 Å². The van der Waals surface area contributed by atoms with Gasteiger partial charge in [0.05, 0.1) is 0 Å². The molecule has 0 aliphatic heterocycles. The van der Waals surface area contributed by atoms with Crippen molar-refractivity contribution >= 4 is 29.6 Å². The maximum absolute atomic E-state index is 8.63. The van der Waals surface area contributed by atoms with Crippen molar-refractivity contribution in [3.05, 3.63) is 30.3 Å². The third-order valence-corrected chi connectivity index (χ3v) is 2.10. The summed E-state index contributed by atoms with van der Waals surface area (Å²) in [5.41, 5.74) is 0. The predicted molar refractivity (Wildman–Crippen MR) is 68.7 cm³/mol. The molecule has 0 aliphatic carbocycles. The number of benzene rings is 1. The summed E-state index contributed by atoms with van der Waals surface area (Å²) in [6.45, 7) is 10.1. The quantitative estimate of drug-likeness (QED) is 0.787. The molecule has 2 nitrogen and oxygen atoms in total. The number of hydrogen-bond acceptors (Lipinski definition) is 2. The molecule has 1 N–H and O–H groups in total. The number of hydrogen-bond donors (Lipinski definition) is 1. The predicted octanol–water partition coefficient (Wildman–Crippen LogP) is 2.09. The monoisotopic (exact) mass is 219 g/mol. The molecule has 0 aliphatic rings. The Hall–Kier alpha value is -0.0200. The Morgan fingerprint density at radius 1 is 0.933 bits per heavy atom. The van der Waals surface area contributed by atoms with Crippen LogP contribution >= 0.6 is 0 Å². The minimum atomic E-state index is 0. The summed E-state index contributed by atoms with van der Waals surface area (Å²) in [7, 11) is 0. The summed E-state index contributed by atoms with van der Waals surface area (Å²) >= 11 is 0. The van der Waals surface area contributed by atoms with Crippen LogP contribution in [0.5, 0.6) is 5.75 Å². The normalized spacial score (nSPS) is 8.80. The molecule has 0 spiro atoms. The Morgan fingerprint density at radius 3 is 1.47 bits per heavy atom. The van der Waals surface area contributed by atoms with E-state index in [-0.39, 0.29) is 29.6 Å². The van der Waals surface area contributed by atoms with Gasteiger partial charge < -0.3 is 10.0 Å². The first-order valence-corrected chi connectivity index (χ1v) is 5.20. The van der Waals surface area contributed by atoms with Crippen LogP contribution in [-0.2, 0) is 0 Å². The molecule has 1 rings (SSSR count). The van der Waals surface area contributed by atoms with E-state index < -0.39 is 0 Å². The molecule has 0 bridgehead atoms. The van der Waals surface area contributed by atoms with Gasteiger partial charge in [-0.15, -0.1) is 0 Å². The molecular formula is C12H22NNaO. The summed E-state index contributed by atoms with van der Waals surface area (Å²) in [5.74, 6) is 0.322. The van der Waals surface area contributed by atoms with Crippen LogP contribution in [0, 0.1) is 0 Å². The van der Waals surface area contributed by atoms with Gasteiger partial charge in [-0.25, -0.2) is 0 Å². The third-order valence-electron chi connectivity index (χ3n) is 2.10. The third kappa shape index (κ3) is 10.3. The Morgan fingerprint density at radius 2 is 1.33 bits per heavy atom. The van der Waals surface area contributed by atoms with Gasteiger partial charge in [0, 0.05) is 0 Å². The second-order valence-corrected chi connectivity index (χ2v) is 2.96. The van der Waals surface area contributed by atoms with Crippen LogP contribution in [0.3, 0.4) is 0 Å². The van der Waals surface area contributed by atoms with Crippen LogP contribution in [0.1, 0.15) is 20.8 Å². The molecule has 0 unspecified atom stereocenters. The zero-order chi connectivity index (χ0) is 10.8. The van der Waals surface area contributed by atoms with Gasteiger partial charge in [-0.2, -0.15) is 0 Å². The van der Waals surface area contributed by atoms with Gasteiger partial charge in [0.2, 0.25) is 0 Å². The summed E-state index contributed by atoms with van der Waals surface area (Å²) in [4.78, 5) is 2.38. The molecule has 0 atom stereocenters. The van der Waals surface area contributed by atoms with Crippen molar-refractivity contribution in [1.82, 2.24) is 4.90 Å². The zero-order valence-corrected chi connectivity index (χ0v) is 9.40. The van der Waals surface area contributed by atoms with Gasteiger partial charge in [0.1, 0.15) is 5.75 Å². The van der Waals surface area contributed by atoms with E-state index in [9.17, 15) is 0 Å². The van der Waals surface area contributed by atoms with Crippen molar-refractivity contribution in [2.75, 3.05) is 19.6 Å². The van der Waals surface area contributed by atoms with E-state index in [4.69, 9.17) is 5.11 Å². The van der Waals surface area contributed by atoms with Crippen molar-refractivity contribution in [3.63, 3.8) is 0 Å². The van der Waals surface area contributed by atoms with Gasteiger partial charge >= 0.3 is 29.6 Å². The first-order valence-electron chi connectivity index (χ1n) is 5.20. The first-order chi connectivity index (χ1) is 6.74. The molecule has 82 valence electrons. The Balaban J connectivity index is 0. The number of para-hydroxylation sites is 1. The first kappa shape index (κ1) is 17.4. The fourth-order valence-electron chi connectivity index (χ4n) is 1.10.